The summed E-state index contributed by atoms with van der Waals surface area (Å²) < 4.78 is 0. The molecule has 2 heteroatoms. The SMILES string of the molecule is CC(C)=C(C#CC(C#C[Si](C)(C)C)=C1CCCCC1)C#CC(C#C[Si](C)(C)C)=C1CCCCC1. The first-order chi connectivity index (χ1) is 15.9. The summed E-state index contributed by atoms with van der Waals surface area (Å²) in [5.74, 6) is 20.8. The predicted octanol–water partition coefficient (Wildman–Crippen LogP) is 8.61. The molecular weight excluding hydrogens is 441 g/mol. The third-order valence-electron chi connectivity index (χ3n) is 5.87. The maximum atomic E-state index is 3.55. The van der Waals surface area contributed by atoms with Crippen LogP contribution in [0.3, 0.4) is 0 Å². The molecule has 2 fully saturated rings. The molecule has 0 aromatic rings. The minimum Gasteiger partial charge on any atom is -0.126 e. The Morgan fingerprint density at radius 3 is 1.15 bits per heavy atom. The Bertz CT molecular complexity index is 991. The van der Waals surface area contributed by atoms with Crippen molar-refractivity contribution in [1.82, 2.24) is 0 Å². The summed E-state index contributed by atoms with van der Waals surface area (Å²) in [7, 11) is -2.91. The first-order valence-electron chi connectivity index (χ1n) is 13.2. The van der Waals surface area contributed by atoms with Crippen LogP contribution in [0.25, 0.3) is 0 Å². The van der Waals surface area contributed by atoms with Crippen LogP contribution in [-0.4, -0.2) is 16.1 Å². The van der Waals surface area contributed by atoms with Gasteiger partial charge < -0.3 is 0 Å². The Balaban J connectivity index is 2.48. The summed E-state index contributed by atoms with van der Waals surface area (Å²) in [6, 6.07) is 0. The Kier molecular flexibility index (Phi) is 10.8. The minimum atomic E-state index is -1.46. The largest absolute Gasteiger partial charge is 0.129 e. The van der Waals surface area contributed by atoms with Gasteiger partial charge in [0.05, 0.1) is 16.7 Å². The van der Waals surface area contributed by atoms with Gasteiger partial charge in [0, 0.05) is 0 Å². The maximum absolute atomic E-state index is 3.55. The van der Waals surface area contributed by atoms with E-state index in [0.717, 1.165) is 48.0 Å². The van der Waals surface area contributed by atoms with Crippen LogP contribution in [0.2, 0.25) is 39.3 Å². The molecule has 0 bridgehead atoms. The van der Waals surface area contributed by atoms with Gasteiger partial charge in [0.15, 0.2) is 0 Å². The third kappa shape index (κ3) is 10.9. The average molecular weight is 485 g/mol. The summed E-state index contributed by atoms with van der Waals surface area (Å²) in [4.78, 5) is 0. The second kappa shape index (κ2) is 13.1. The average Bonchev–Trinajstić information content (AvgIpc) is 2.77. The van der Waals surface area contributed by atoms with Crippen molar-refractivity contribution in [3.05, 3.63) is 33.4 Å². The number of hydrogen-bond acceptors (Lipinski definition) is 0. The predicted molar refractivity (Wildman–Crippen MR) is 156 cm³/mol. The summed E-state index contributed by atoms with van der Waals surface area (Å²) in [5.41, 5.74) is 14.2. The van der Waals surface area contributed by atoms with E-state index in [1.165, 1.54) is 49.7 Å². The molecule has 0 heterocycles. The number of rotatable bonds is 0. The van der Waals surface area contributed by atoms with E-state index >= 15 is 0 Å². The molecule has 2 saturated carbocycles. The van der Waals surface area contributed by atoms with E-state index in [0.29, 0.717) is 0 Å². The van der Waals surface area contributed by atoms with Gasteiger partial charge in [-0.05, 0) is 76.4 Å². The Labute approximate surface area is 213 Å². The molecule has 0 radical (unpaired) electrons. The van der Waals surface area contributed by atoms with Gasteiger partial charge in [-0.2, -0.15) is 0 Å². The van der Waals surface area contributed by atoms with Gasteiger partial charge in [-0.15, -0.1) is 11.1 Å². The van der Waals surface area contributed by atoms with E-state index in [2.05, 4.69) is 99.7 Å². The molecule has 0 aromatic heterocycles. The summed E-state index contributed by atoms with van der Waals surface area (Å²) in [6.07, 6.45) is 12.3. The van der Waals surface area contributed by atoms with Crippen LogP contribution in [0.5, 0.6) is 0 Å². The fourth-order valence-corrected chi connectivity index (χ4v) is 4.90. The molecule has 0 saturated heterocycles. The molecule has 2 rings (SSSR count). The second-order valence-electron chi connectivity index (χ2n) is 12.0. The molecule has 0 unspecified atom stereocenters. The molecule has 180 valence electrons. The van der Waals surface area contributed by atoms with E-state index in [-0.39, 0.29) is 0 Å². The maximum Gasteiger partial charge on any atom is 0.129 e. The van der Waals surface area contributed by atoms with E-state index in [4.69, 9.17) is 0 Å². The molecule has 0 spiro atoms. The van der Waals surface area contributed by atoms with Crippen molar-refractivity contribution in [3.63, 3.8) is 0 Å². The van der Waals surface area contributed by atoms with Gasteiger partial charge in [-0.25, -0.2) is 0 Å². The van der Waals surface area contributed by atoms with E-state index in [9.17, 15) is 0 Å². The summed E-state index contributed by atoms with van der Waals surface area (Å²) >= 11 is 0. The fraction of sp³-hybridized carbons (Fsp3) is 0.562. The molecule has 0 aromatic carbocycles. The topological polar surface area (TPSA) is 0 Å². The summed E-state index contributed by atoms with van der Waals surface area (Å²) in [5, 5.41) is 0. The lowest BCUT2D eigenvalue weighted by molar-refractivity contribution is 0.597. The van der Waals surface area contributed by atoms with Crippen LogP contribution < -0.4 is 0 Å². The molecular formula is C32H44Si2. The van der Waals surface area contributed by atoms with Crippen molar-refractivity contribution >= 4 is 16.1 Å². The zero-order chi connectivity index (χ0) is 25.2. The molecule has 0 amide bonds. The minimum absolute atomic E-state index is 0.924. The van der Waals surface area contributed by atoms with Gasteiger partial charge >= 0.3 is 0 Å². The molecule has 0 aliphatic heterocycles. The highest BCUT2D eigenvalue weighted by atomic mass is 28.3. The lowest BCUT2D eigenvalue weighted by atomic mass is 9.91. The van der Waals surface area contributed by atoms with Crippen LogP contribution >= 0.6 is 0 Å². The van der Waals surface area contributed by atoms with Gasteiger partial charge in [-0.1, -0.05) is 93.2 Å². The van der Waals surface area contributed by atoms with Crippen molar-refractivity contribution in [3.8, 4) is 46.6 Å². The van der Waals surface area contributed by atoms with Gasteiger partial charge in [0.1, 0.15) is 16.1 Å². The molecule has 2 aliphatic rings. The normalized spacial score (nSPS) is 15.8. The van der Waals surface area contributed by atoms with Crippen molar-refractivity contribution in [2.24, 2.45) is 0 Å². The first kappa shape index (κ1) is 28.1. The molecule has 0 N–H and O–H groups in total. The van der Waals surface area contributed by atoms with Gasteiger partial charge in [0.25, 0.3) is 0 Å². The van der Waals surface area contributed by atoms with E-state index in [1.54, 1.807) is 0 Å². The molecule has 34 heavy (non-hydrogen) atoms. The lowest BCUT2D eigenvalue weighted by Crippen LogP contribution is -2.16. The Morgan fingerprint density at radius 2 is 0.853 bits per heavy atom. The van der Waals surface area contributed by atoms with E-state index in [1.807, 2.05) is 0 Å². The van der Waals surface area contributed by atoms with Crippen LogP contribution in [0.4, 0.5) is 0 Å². The van der Waals surface area contributed by atoms with Crippen LogP contribution in [0.15, 0.2) is 33.4 Å². The number of hydrogen-bond donors (Lipinski definition) is 0. The fourth-order valence-electron chi connectivity index (χ4n) is 3.90. The van der Waals surface area contributed by atoms with Crippen molar-refractivity contribution in [1.29, 1.82) is 0 Å². The summed E-state index contributed by atoms with van der Waals surface area (Å²) in [6.45, 7) is 18.0. The van der Waals surface area contributed by atoms with Crippen molar-refractivity contribution in [2.45, 2.75) is 117 Å². The van der Waals surface area contributed by atoms with Crippen LogP contribution in [0.1, 0.15) is 78.1 Å². The zero-order valence-electron chi connectivity index (χ0n) is 23.1. The van der Waals surface area contributed by atoms with Crippen LogP contribution in [0, 0.1) is 46.6 Å². The highest BCUT2D eigenvalue weighted by Crippen LogP contribution is 2.26. The first-order valence-corrected chi connectivity index (χ1v) is 20.2. The Hall–Kier alpha value is -2.11. The third-order valence-corrected chi connectivity index (χ3v) is 7.62. The highest BCUT2D eigenvalue weighted by molar-refractivity contribution is 6.84. The van der Waals surface area contributed by atoms with Crippen LogP contribution in [-0.2, 0) is 0 Å². The van der Waals surface area contributed by atoms with Crippen molar-refractivity contribution < 1.29 is 0 Å². The molecule has 2 aliphatic carbocycles. The standard InChI is InChI=1S/C32H44Si2/c1-27(2)28(19-21-31(23-25-33(3,4)5)29-15-11-9-12-16-29)20-22-32(24-26-34(6,7)8)30-17-13-10-14-18-30/h9-18H2,1-8H3. The number of allylic oxidation sites excluding steroid dienone is 6. The van der Waals surface area contributed by atoms with Gasteiger partial charge in [-0.3, -0.25) is 0 Å². The monoisotopic (exact) mass is 484 g/mol. The highest BCUT2D eigenvalue weighted by Gasteiger charge is 2.13. The van der Waals surface area contributed by atoms with Gasteiger partial charge in [0.2, 0.25) is 0 Å². The zero-order valence-corrected chi connectivity index (χ0v) is 25.1. The van der Waals surface area contributed by atoms with Crippen molar-refractivity contribution in [2.75, 3.05) is 0 Å². The lowest BCUT2D eigenvalue weighted by Gasteiger charge is -2.14. The molecule has 0 nitrogen and oxygen atoms in total. The molecule has 0 atom stereocenters. The smallest absolute Gasteiger partial charge is 0.126 e. The Morgan fingerprint density at radius 1 is 0.500 bits per heavy atom. The second-order valence-corrected chi connectivity index (χ2v) is 21.5. The quantitative estimate of drug-likeness (QED) is 0.238. The van der Waals surface area contributed by atoms with E-state index < -0.39 is 16.1 Å².